The lowest BCUT2D eigenvalue weighted by Gasteiger charge is -2.27. The number of esters is 1. The second kappa shape index (κ2) is 12.4. The molecule has 0 aliphatic carbocycles. The Kier molecular flexibility index (Phi) is 9.93. The Hall–Kier alpha value is -2.65. The van der Waals surface area contributed by atoms with Gasteiger partial charge in [0.25, 0.3) is 0 Å². The van der Waals surface area contributed by atoms with E-state index in [2.05, 4.69) is 10.6 Å². The minimum absolute atomic E-state index is 0.0312. The topological polar surface area (TPSA) is 100 Å². The van der Waals surface area contributed by atoms with Gasteiger partial charge in [-0.2, -0.15) is 0 Å². The van der Waals surface area contributed by atoms with Crippen LogP contribution in [0.15, 0.2) is 30.3 Å². The Morgan fingerprint density at radius 2 is 1.78 bits per heavy atom. The van der Waals surface area contributed by atoms with E-state index in [1.165, 1.54) is 7.11 Å². The van der Waals surface area contributed by atoms with E-state index in [1.807, 2.05) is 56.0 Å². The van der Waals surface area contributed by atoms with Crippen molar-refractivity contribution in [3.8, 4) is 0 Å². The number of nitrogens with zero attached hydrogens (tertiary/aromatic N) is 2. The molecule has 9 heteroatoms. The average molecular weight is 449 g/mol. The van der Waals surface area contributed by atoms with E-state index in [0.29, 0.717) is 26.2 Å². The van der Waals surface area contributed by atoms with Gasteiger partial charge >= 0.3 is 12.0 Å². The van der Waals surface area contributed by atoms with Crippen LogP contribution in [0.5, 0.6) is 0 Å². The fraction of sp³-hybridized carbons (Fsp3) is 0.609. The second-order valence-corrected chi connectivity index (χ2v) is 8.83. The second-order valence-electron chi connectivity index (χ2n) is 8.83. The molecule has 1 saturated heterocycles. The first-order valence-electron chi connectivity index (χ1n) is 11.0. The molecule has 9 nitrogen and oxygen atoms in total. The third-order valence-corrected chi connectivity index (χ3v) is 5.04. The van der Waals surface area contributed by atoms with Crippen LogP contribution in [0, 0.1) is 0 Å². The molecular formula is C23H36N4O5. The van der Waals surface area contributed by atoms with Crippen LogP contribution in [0.1, 0.15) is 32.8 Å². The van der Waals surface area contributed by atoms with Crippen LogP contribution < -0.4 is 10.6 Å². The largest absolute Gasteiger partial charge is 0.467 e. The molecule has 1 heterocycles. The van der Waals surface area contributed by atoms with Gasteiger partial charge in [-0.05, 0) is 32.8 Å². The zero-order chi connectivity index (χ0) is 23.6. The van der Waals surface area contributed by atoms with E-state index < -0.39 is 17.6 Å². The molecule has 1 unspecified atom stereocenters. The summed E-state index contributed by atoms with van der Waals surface area (Å²) in [6.07, 6.45) is 0.737. The number of nitrogens with one attached hydrogen (secondary N) is 2. The van der Waals surface area contributed by atoms with E-state index in [0.717, 1.165) is 18.5 Å². The Morgan fingerprint density at radius 1 is 1.06 bits per heavy atom. The van der Waals surface area contributed by atoms with Gasteiger partial charge in [-0.3, -0.25) is 9.69 Å². The molecule has 1 aliphatic rings. The van der Waals surface area contributed by atoms with Crippen LogP contribution >= 0.6 is 0 Å². The van der Waals surface area contributed by atoms with Crippen LogP contribution in [0.4, 0.5) is 4.79 Å². The highest BCUT2D eigenvalue weighted by Gasteiger charge is 2.27. The van der Waals surface area contributed by atoms with Crippen molar-refractivity contribution in [2.24, 2.45) is 0 Å². The summed E-state index contributed by atoms with van der Waals surface area (Å²) in [5.74, 6) is -0.592. The number of carbonyl (C=O) groups excluding carboxylic acids is 3. The summed E-state index contributed by atoms with van der Waals surface area (Å²) in [7, 11) is 1.28. The minimum Gasteiger partial charge on any atom is -0.467 e. The molecule has 0 aromatic heterocycles. The standard InChI is InChI=1S/C23H36N4O5/c1-23(2,3)32-17-19(21(29)31-4)25-22(30)27-12-8-11-26(13-14-27)16-20(28)24-15-18-9-6-5-7-10-18/h5-7,9-10,19H,8,11-17H2,1-4H3,(H,24,28)(H,25,30). The normalized spacial score (nSPS) is 16.1. The van der Waals surface area contributed by atoms with Gasteiger partial charge in [-0.1, -0.05) is 30.3 Å². The van der Waals surface area contributed by atoms with E-state index in [-0.39, 0.29) is 25.1 Å². The van der Waals surface area contributed by atoms with Crippen molar-refractivity contribution in [1.29, 1.82) is 0 Å². The molecule has 32 heavy (non-hydrogen) atoms. The lowest BCUT2D eigenvalue weighted by molar-refractivity contribution is -0.146. The number of carbonyl (C=O) groups is 3. The van der Waals surface area contributed by atoms with Crippen LogP contribution in [-0.4, -0.2) is 85.8 Å². The summed E-state index contributed by atoms with van der Waals surface area (Å²) in [5.41, 5.74) is 0.608. The number of amides is 3. The molecule has 1 aromatic carbocycles. The first-order chi connectivity index (χ1) is 15.2. The van der Waals surface area contributed by atoms with Gasteiger partial charge in [0.1, 0.15) is 0 Å². The van der Waals surface area contributed by atoms with Crippen molar-refractivity contribution in [3.63, 3.8) is 0 Å². The third kappa shape index (κ3) is 9.23. The summed E-state index contributed by atoms with van der Waals surface area (Å²) in [5, 5.41) is 5.65. The lowest BCUT2D eigenvalue weighted by Crippen LogP contribution is -2.51. The van der Waals surface area contributed by atoms with Crippen LogP contribution in [0.3, 0.4) is 0 Å². The van der Waals surface area contributed by atoms with Crippen LogP contribution in [0.25, 0.3) is 0 Å². The summed E-state index contributed by atoms with van der Waals surface area (Å²) in [6, 6.07) is 8.54. The van der Waals surface area contributed by atoms with Crippen molar-refractivity contribution < 1.29 is 23.9 Å². The van der Waals surface area contributed by atoms with E-state index in [9.17, 15) is 14.4 Å². The molecule has 1 atom stereocenters. The van der Waals surface area contributed by atoms with Crippen molar-refractivity contribution in [1.82, 2.24) is 20.4 Å². The van der Waals surface area contributed by atoms with Gasteiger partial charge in [-0.15, -0.1) is 0 Å². The third-order valence-electron chi connectivity index (χ3n) is 5.04. The predicted molar refractivity (Wildman–Crippen MR) is 121 cm³/mol. The van der Waals surface area contributed by atoms with Crippen molar-refractivity contribution in [2.75, 3.05) is 46.4 Å². The Morgan fingerprint density at radius 3 is 2.44 bits per heavy atom. The summed E-state index contributed by atoms with van der Waals surface area (Å²) >= 11 is 0. The van der Waals surface area contributed by atoms with Crippen LogP contribution in [0.2, 0.25) is 0 Å². The summed E-state index contributed by atoms with van der Waals surface area (Å²) < 4.78 is 10.5. The molecule has 0 bridgehead atoms. The van der Waals surface area contributed by atoms with Crippen LogP contribution in [-0.2, 0) is 25.6 Å². The SMILES string of the molecule is COC(=O)C(COC(C)(C)C)NC(=O)N1CCCN(CC(=O)NCc2ccccc2)CC1. The lowest BCUT2D eigenvalue weighted by atomic mass is 10.2. The van der Waals surface area contributed by atoms with E-state index in [4.69, 9.17) is 9.47 Å². The van der Waals surface area contributed by atoms with Crippen molar-refractivity contribution >= 4 is 17.9 Å². The maximum Gasteiger partial charge on any atom is 0.330 e. The molecule has 0 saturated carbocycles. The maximum absolute atomic E-state index is 12.7. The number of rotatable bonds is 8. The molecular weight excluding hydrogens is 412 g/mol. The highest BCUT2D eigenvalue weighted by Crippen LogP contribution is 2.09. The molecule has 2 N–H and O–H groups in total. The molecule has 178 valence electrons. The highest BCUT2D eigenvalue weighted by atomic mass is 16.5. The Labute approximate surface area is 190 Å². The van der Waals surface area contributed by atoms with Gasteiger partial charge < -0.3 is 25.0 Å². The molecule has 1 fully saturated rings. The molecule has 0 radical (unpaired) electrons. The highest BCUT2D eigenvalue weighted by molar-refractivity contribution is 5.83. The van der Waals surface area contributed by atoms with Gasteiger partial charge in [0.05, 0.1) is 25.9 Å². The fourth-order valence-corrected chi connectivity index (χ4v) is 3.27. The number of methoxy groups -OCH3 is 1. The molecule has 2 rings (SSSR count). The maximum atomic E-state index is 12.7. The Bertz CT molecular complexity index is 751. The van der Waals surface area contributed by atoms with E-state index >= 15 is 0 Å². The summed E-state index contributed by atoms with van der Waals surface area (Å²) in [6.45, 7) is 8.74. The van der Waals surface area contributed by atoms with E-state index in [1.54, 1.807) is 4.90 Å². The number of urea groups is 1. The van der Waals surface area contributed by atoms with Gasteiger partial charge in [0.15, 0.2) is 6.04 Å². The zero-order valence-electron chi connectivity index (χ0n) is 19.6. The molecule has 3 amide bonds. The number of benzene rings is 1. The predicted octanol–water partition coefficient (Wildman–Crippen LogP) is 1.38. The smallest absolute Gasteiger partial charge is 0.330 e. The molecule has 1 aromatic rings. The average Bonchev–Trinajstić information content (AvgIpc) is 3.00. The van der Waals surface area contributed by atoms with Gasteiger partial charge in [0, 0.05) is 32.7 Å². The number of hydrogen-bond donors (Lipinski definition) is 2. The van der Waals surface area contributed by atoms with Gasteiger partial charge in [-0.25, -0.2) is 9.59 Å². The minimum atomic E-state index is -0.880. The monoisotopic (exact) mass is 448 g/mol. The first-order valence-corrected chi connectivity index (χ1v) is 11.0. The zero-order valence-corrected chi connectivity index (χ0v) is 19.6. The molecule has 0 spiro atoms. The quantitative estimate of drug-likeness (QED) is 0.583. The van der Waals surface area contributed by atoms with Gasteiger partial charge in [0.2, 0.25) is 5.91 Å². The fourth-order valence-electron chi connectivity index (χ4n) is 3.27. The first kappa shape index (κ1) is 25.6. The number of ether oxygens (including phenoxy) is 2. The molecule has 1 aliphatic heterocycles. The van der Waals surface area contributed by atoms with Crippen molar-refractivity contribution in [3.05, 3.63) is 35.9 Å². The Balaban J connectivity index is 1.81. The van der Waals surface area contributed by atoms with Crippen molar-refractivity contribution in [2.45, 2.75) is 45.4 Å². The summed E-state index contributed by atoms with van der Waals surface area (Å²) in [4.78, 5) is 40.8. The number of hydrogen-bond acceptors (Lipinski definition) is 6.